The van der Waals surface area contributed by atoms with Gasteiger partial charge in [0.05, 0.1) is 33.3 Å². The Bertz CT molecular complexity index is 1060. The largest absolute Gasteiger partial charge is 0.497 e. The molecule has 0 unspecified atom stereocenters. The van der Waals surface area contributed by atoms with Crippen LogP contribution in [0, 0.1) is 0 Å². The van der Waals surface area contributed by atoms with Crippen molar-refractivity contribution in [2.75, 3.05) is 67.7 Å². The lowest BCUT2D eigenvalue weighted by molar-refractivity contribution is 0.0944. The van der Waals surface area contributed by atoms with Crippen molar-refractivity contribution in [3.8, 4) is 23.0 Å². The van der Waals surface area contributed by atoms with Gasteiger partial charge in [-0.3, -0.25) is 9.69 Å². The van der Waals surface area contributed by atoms with Gasteiger partial charge in [-0.05, 0) is 36.4 Å². The van der Waals surface area contributed by atoms with Crippen LogP contribution in [0.5, 0.6) is 23.0 Å². The van der Waals surface area contributed by atoms with Crippen molar-refractivity contribution < 1.29 is 32.2 Å². The SMILES string of the molecule is COc1ccc(S(=O)(=O)N2CCN(CCNC(=O)c3cc(OC)c(OC)c(OC)c3)CC2)cc1. The van der Waals surface area contributed by atoms with Crippen molar-refractivity contribution in [1.29, 1.82) is 0 Å². The average Bonchev–Trinajstić information content (AvgIpc) is 2.87. The van der Waals surface area contributed by atoms with Gasteiger partial charge >= 0.3 is 0 Å². The van der Waals surface area contributed by atoms with Crippen LogP contribution in [0.15, 0.2) is 41.3 Å². The number of ether oxygens (including phenoxy) is 4. The topological polar surface area (TPSA) is 107 Å². The van der Waals surface area contributed by atoms with Crippen molar-refractivity contribution in [2.45, 2.75) is 4.90 Å². The number of hydrogen-bond donors (Lipinski definition) is 1. The second kappa shape index (κ2) is 11.4. The van der Waals surface area contributed by atoms with Crippen LogP contribution in [0.3, 0.4) is 0 Å². The molecule has 0 saturated carbocycles. The minimum Gasteiger partial charge on any atom is -0.497 e. The Morgan fingerprint density at radius 3 is 1.97 bits per heavy atom. The fraction of sp³-hybridized carbons (Fsp3) is 0.435. The van der Waals surface area contributed by atoms with E-state index in [1.165, 1.54) is 32.7 Å². The van der Waals surface area contributed by atoms with E-state index in [1.54, 1.807) is 36.4 Å². The molecular weight excluding hydrogens is 462 g/mol. The molecule has 0 bridgehead atoms. The second-order valence-electron chi connectivity index (χ2n) is 7.59. The first-order chi connectivity index (χ1) is 16.3. The van der Waals surface area contributed by atoms with Gasteiger partial charge in [0, 0.05) is 44.8 Å². The first-order valence-electron chi connectivity index (χ1n) is 10.8. The summed E-state index contributed by atoms with van der Waals surface area (Å²) in [5.41, 5.74) is 0.393. The molecule has 1 heterocycles. The van der Waals surface area contributed by atoms with Crippen LogP contribution >= 0.6 is 0 Å². The molecule has 0 aliphatic carbocycles. The van der Waals surface area contributed by atoms with E-state index in [4.69, 9.17) is 18.9 Å². The predicted molar refractivity (Wildman–Crippen MR) is 127 cm³/mol. The maximum Gasteiger partial charge on any atom is 0.251 e. The molecule has 186 valence electrons. The number of rotatable bonds is 10. The van der Waals surface area contributed by atoms with Gasteiger partial charge in [-0.15, -0.1) is 0 Å². The van der Waals surface area contributed by atoms with Crippen molar-refractivity contribution in [3.05, 3.63) is 42.0 Å². The number of hydrogen-bond acceptors (Lipinski definition) is 8. The number of amides is 1. The molecule has 2 aromatic rings. The quantitative estimate of drug-likeness (QED) is 0.530. The van der Waals surface area contributed by atoms with Gasteiger partial charge < -0.3 is 24.3 Å². The summed E-state index contributed by atoms with van der Waals surface area (Å²) in [5, 5.41) is 2.89. The fourth-order valence-corrected chi connectivity index (χ4v) is 5.15. The normalized spacial score (nSPS) is 14.9. The first kappa shape index (κ1) is 25.6. The second-order valence-corrected chi connectivity index (χ2v) is 9.53. The average molecular weight is 494 g/mol. The van der Waals surface area contributed by atoms with E-state index in [0.29, 0.717) is 67.8 Å². The van der Waals surface area contributed by atoms with E-state index in [1.807, 2.05) is 0 Å². The maximum absolute atomic E-state index is 12.9. The zero-order valence-corrected chi connectivity index (χ0v) is 20.7. The van der Waals surface area contributed by atoms with Crippen LogP contribution in [-0.2, 0) is 10.0 Å². The summed E-state index contributed by atoms with van der Waals surface area (Å²) in [7, 11) is 2.47. The lowest BCUT2D eigenvalue weighted by Gasteiger charge is -2.34. The van der Waals surface area contributed by atoms with Crippen LogP contribution in [0.2, 0.25) is 0 Å². The van der Waals surface area contributed by atoms with Gasteiger partial charge in [0.25, 0.3) is 5.91 Å². The molecule has 2 aromatic carbocycles. The highest BCUT2D eigenvalue weighted by Gasteiger charge is 2.28. The van der Waals surface area contributed by atoms with Crippen LogP contribution in [0.25, 0.3) is 0 Å². The van der Waals surface area contributed by atoms with E-state index in [0.717, 1.165) is 0 Å². The Labute approximate surface area is 200 Å². The Balaban J connectivity index is 1.51. The van der Waals surface area contributed by atoms with Gasteiger partial charge in [0.15, 0.2) is 11.5 Å². The smallest absolute Gasteiger partial charge is 0.251 e. The summed E-state index contributed by atoms with van der Waals surface area (Å²) >= 11 is 0. The summed E-state index contributed by atoms with van der Waals surface area (Å²) < 4.78 is 48.2. The standard InChI is InChI=1S/C23H31N3O7S/c1-30-18-5-7-19(8-6-18)34(28,29)26-13-11-25(12-14-26)10-9-24-23(27)17-15-20(31-2)22(33-4)21(16-17)32-3/h5-8,15-16H,9-14H2,1-4H3,(H,24,27). The number of benzene rings is 2. The Morgan fingerprint density at radius 1 is 0.882 bits per heavy atom. The summed E-state index contributed by atoms with van der Waals surface area (Å²) in [6.45, 7) is 2.95. The molecule has 1 aliphatic rings. The number of methoxy groups -OCH3 is 4. The van der Waals surface area contributed by atoms with E-state index >= 15 is 0 Å². The lowest BCUT2D eigenvalue weighted by atomic mass is 10.1. The molecule has 1 amide bonds. The molecule has 1 aliphatic heterocycles. The molecule has 34 heavy (non-hydrogen) atoms. The fourth-order valence-electron chi connectivity index (χ4n) is 3.73. The highest BCUT2D eigenvalue weighted by molar-refractivity contribution is 7.89. The van der Waals surface area contributed by atoms with Crippen molar-refractivity contribution in [1.82, 2.24) is 14.5 Å². The van der Waals surface area contributed by atoms with E-state index in [9.17, 15) is 13.2 Å². The molecule has 1 saturated heterocycles. The van der Waals surface area contributed by atoms with Crippen LogP contribution < -0.4 is 24.3 Å². The first-order valence-corrected chi connectivity index (χ1v) is 12.2. The van der Waals surface area contributed by atoms with Gasteiger partial charge in [-0.2, -0.15) is 4.31 Å². The number of carbonyl (C=O) groups excluding carboxylic acids is 1. The highest BCUT2D eigenvalue weighted by Crippen LogP contribution is 2.38. The minimum atomic E-state index is -3.55. The third-order valence-electron chi connectivity index (χ3n) is 5.67. The molecule has 1 N–H and O–H groups in total. The summed E-state index contributed by atoms with van der Waals surface area (Å²) in [6.07, 6.45) is 0. The molecule has 0 radical (unpaired) electrons. The molecule has 0 aromatic heterocycles. The minimum absolute atomic E-state index is 0.249. The number of piperazine rings is 1. The highest BCUT2D eigenvalue weighted by atomic mass is 32.2. The van der Waals surface area contributed by atoms with Gasteiger partial charge in [0.2, 0.25) is 15.8 Å². The molecule has 0 spiro atoms. The molecule has 1 fully saturated rings. The zero-order valence-electron chi connectivity index (χ0n) is 19.9. The summed E-state index contributed by atoms with van der Waals surface area (Å²) in [4.78, 5) is 15.0. The lowest BCUT2D eigenvalue weighted by Crippen LogP contribution is -2.50. The van der Waals surface area contributed by atoms with Gasteiger partial charge in [-0.1, -0.05) is 0 Å². The number of sulfonamides is 1. The van der Waals surface area contributed by atoms with Crippen molar-refractivity contribution in [3.63, 3.8) is 0 Å². The van der Waals surface area contributed by atoms with Gasteiger partial charge in [-0.25, -0.2) is 8.42 Å². The van der Waals surface area contributed by atoms with Crippen molar-refractivity contribution in [2.24, 2.45) is 0 Å². The Morgan fingerprint density at radius 2 is 1.47 bits per heavy atom. The van der Waals surface area contributed by atoms with E-state index in [2.05, 4.69) is 10.2 Å². The number of nitrogens with zero attached hydrogens (tertiary/aromatic N) is 2. The van der Waals surface area contributed by atoms with Crippen LogP contribution in [0.4, 0.5) is 0 Å². The third-order valence-corrected chi connectivity index (χ3v) is 7.58. The molecule has 0 atom stereocenters. The van der Waals surface area contributed by atoms with Crippen molar-refractivity contribution >= 4 is 15.9 Å². The molecule has 11 heteroatoms. The van der Waals surface area contributed by atoms with E-state index in [-0.39, 0.29) is 10.8 Å². The summed E-state index contributed by atoms with van der Waals surface area (Å²) in [6, 6.07) is 9.58. The maximum atomic E-state index is 12.9. The monoisotopic (exact) mass is 493 g/mol. The molecular formula is C23H31N3O7S. The van der Waals surface area contributed by atoms with E-state index < -0.39 is 10.0 Å². The Kier molecular flexibility index (Phi) is 8.59. The summed E-state index contributed by atoms with van der Waals surface area (Å²) in [5.74, 6) is 1.57. The zero-order chi connectivity index (χ0) is 24.7. The van der Waals surface area contributed by atoms with Crippen LogP contribution in [-0.4, -0.2) is 91.2 Å². The molecule has 10 nitrogen and oxygen atoms in total. The Hall–Kier alpha value is -3.02. The third kappa shape index (κ3) is 5.72. The number of nitrogens with one attached hydrogen (secondary N) is 1. The van der Waals surface area contributed by atoms with Gasteiger partial charge in [0.1, 0.15) is 5.75 Å². The van der Waals surface area contributed by atoms with Crippen LogP contribution in [0.1, 0.15) is 10.4 Å². The number of carbonyl (C=O) groups is 1. The molecule has 3 rings (SSSR count). The predicted octanol–water partition coefficient (Wildman–Crippen LogP) is 1.46.